The van der Waals surface area contributed by atoms with Crippen LogP contribution in [0.2, 0.25) is 0 Å². The molecule has 4 aromatic carbocycles. The molecule has 1 aliphatic carbocycles. The topological polar surface area (TPSA) is 208 Å². The zero-order valence-electron chi connectivity index (χ0n) is 38.0. The van der Waals surface area contributed by atoms with Gasteiger partial charge in [-0.25, -0.2) is 19.6 Å². The first-order chi connectivity index (χ1) is 33.2. The Bertz CT molecular complexity index is 2900. The molecular weight excluding hydrogens is 863 g/mol. The van der Waals surface area contributed by atoms with E-state index in [2.05, 4.69) is 75.2 Å². The summed E-state index contributed by atoms with van der Waals surface area (Å²) in [5.41, 5.74) is 10.7. The number of aromatic nitrogens is 4. The number of alkyl carbamates (subject to hydrolysis) is 2. The molecule has 16 heteroatoms. The lowest BCUT2D eigenvalue weighted by molar-refractivity contribution is -0.137. The van der Waals surface area contributed by atoms with Crippen molar-refractivity contribution >= 4 is 35.0 Å². The van der Waals surface area contributed by atoms with Crippen LogP contribution in [0, 0.1) is 23.2 Å². The number of rotatable bonds is 10. The van der Waals surface area contributed by atoms with Crippen LogP contribution in [0.5, 0.6) is 0 Å². The number of nitrogens with zero attached hydrogens (tertiary/aromatic N) is 5. The molecule has 3 aliphatic heterocycles. The van der Waals surface area contributed by atoms with Crippen LogP contribution in [0.3, 0.4) is 0 Å². The molecule has 16 nitrogen and oxygen atoms in total. The molecule has 0 saturated carbocycles. The predicted molar refractivity (Wildman–Crippen MR) is 251 cm³/mol. The number of ether oxygens (including phenoxy) is 3. The summed E-state index contributed by atoms with van der Waals surface area (Å²) in [5, 5.41) is 15.5. The zero-order chi connectivity index (χ0) is 46.9. The molecule has 68 heavy (non-hydrogen) atoms. The number of aromatic amines is 2. The standard InChI is InChI=1S/C52H53N9O7/c1-66-51(64)58-44(33-7-4-3-5-8-33)49(62)60-22-6-9-42(60)47-55-40-19-16-37-26-35(14-17-38(37)46(40)57-47)31-10-12-32(13-11-31)36-15-18-39-41(27-36)56-48(54-39)43-25-30(28-53)29-61(43)50(63)45(59-52(65)67-2)34-20-23-68-24-21-34/h3-5,7-8,10-15,17-18,26-27,30,34,42-45H,6,9,16,19-25,29H2,1-2H3,(H,54,56)(H,55,57)(H,58,64)(H,59,65)/t30-,42+,43+,44-,45+/m1/s1. The van der Waals surface area contributed by atoms with Gasteiger partial charge in [0, 0.05) is 37.6 Å². The van der Waals surface area contributed by atoms with E-state index >= 15 is 0 Å². The van der Waals surface area contributed by atoms with Crippen molar-refractivity contribution in [2.75, 3.05) is 40.5 Å². The Balaban J connectivity index is 0.847. The van der Waals surface area contributed by atoms with Crippen molar-refractivity contribution < 1.29 is 33.4 Å². The number of carbonyl (C=O) groups excluding carboxylic acids is 4. The van der Waals surface area contributed by atoms with Crippen LogP contribution < -0.4 is 10.6 Å². The van der Waals surface area contributed by atoms with Gasteiger partial charge in [0.2, 0.25) is 5.91 Å². The molecule has 3 fully saturated rings. The van der Waals surface area contributed by atoms with Crippen molar-refractivity contribution in [2.24, 2.45) is 11.8 Å². The normalized spacial score (nSPS) is 19.9. The van der Waals surface area contributed by atoms with Gasteiger partial charge < -0.3 is 44.6 Å². The van der Waals surface area contributed by atoms with Gasteiger partial charge in [0.05, 0.1) is 55.0 Å². The number of imidazole rings is 2. The lowest BCUT2D eigenvalue weighted by Crippen LogP contribution is -2.53. The maximum Gasteiger partial charge on any atom is 0.407 e. The monoisotopic (exact) mass is 915 g/mol. The van der Waals surface area contributed by atoms with E-state index in [0.717, 1.165) is 81.7 Å². The van der Waals surface area contributed by atoms with Gasteiger partial charge in [0.15, 0.2) is 0 Å². The number of methoxy groups -OCH3 is 2. The number of carbonyl (C=O) groups is 4. The van der Waals surface area contributed by atoms with Crippen molar-refractivity contribution in [3.8, 4) is 39.6 Å². The molecule has 348 valence electrons. The second-order valence-corrected chi connectivity index (χ2v) is 18.1. The molecule has 10 rings (SSSR count). The van der Waals surface area contributed by atoms with Gasteiger partial charge in [-0.2, -0.15) is 5.26 Å². The smallest absolute Gasteiger partial charge is 0.407 e. The molecular formula is C52H53N9O7. The van der Waals surface area contributed by atoms with E-state index in [1.54, 1.807) is 4.90 Å². The van der Waals surface area contributed by atoms with Crippen molar-refractivity contribution in [1.29, 1.82) is 5.26 Å². The van der Waals surface area contributed by atoms with Crippen molar-refractivity contribution in [3.63, 3.8) is 0 Å². The minimum atomic E-state index is -0.884. The first-order valence-corrected chi connectivity index (χ1v) is 23.3. The fourth-order valence-electron chi connectivity index (χ4n) is 10.5. The Labute approximate surface area is 393 Å². The van der Waals surface area contributed by atoms with E-state index in [9.17, 15) is 24.4 Å². The average molecular weight is 916 g/mol. The van der Waals surface area contributed by atoms with E-state index in [0.29, 0.717) is 50.4 Å². The highest BCUT2D eigenvalue weighted by molar-refractivity contribution is 5.89. The van der Waals surface area contributed by atoms with Crippen molar-refractivity contribution in [1.82, 2.24) is 40.4 Å². The van der Waals surface area contributed by atoms with Gasteiger partial charge in [-0.15, -0.1) is 0 Å². The number of amides is 4. The largest absolute Gasteiger partial charge is 0.453 e. The SMILES string of the molecule is COC(=O)N[C@H](C(=O)N1C[C@@H](C#N)C[C@H]1c1nc2ccc(-c3ccc(-c4ccc5c(c4)CCc4[nH]c([C@@H]6CCCN6C(=O)[C@H](NC(=O)OC)c6ccccc6)nc4-5)cc3)cc2[nH]1)C1CCOCC1. The molecule has 4 N–H and O–H groups in total. The highest BCUT2D eigenvalue weighted by atomic mass is 16.5. The molecule has 6 aromatic rings. The number of likely N-dealkylation sites (tertiary alicyclic amines) is 2. The first kappa shape index (κ1) is 44.3. The summed E-state index contributed by atoms with van der Waals surface area (Å²) < 4.78 is 15.3. The van der Waals surface area contributed by atoms with Gasteiger partial charge in [0.1, 0.15) is 23.7 Å². The Morgan fingerprint density at radius 2 is 1.46 bits per heavy atom. The Kier molecular flexibility index (Phi) is 12.4. The third kappa shape index (κ3) is 8.65. The summed E-state index contributed by atoms with van der Waals surface area (Å²) >= 11 is 0. The third-order valence-electron chi connectivity index (χ3n) is 14.1. The van der Waals surface area contributed by atoms with E-state index in [1.807, 2.05) is 47.4 Å². The molecule has 4 aliphatic rings. The summed E-state index contributed by atoms with van der Waals surface area (Å²) in [6.07, 6.45) is 3.57. The number of nitrogens with one attached hydrogen (secondary N) is 4. The Hall–Kier alpha value is -7.51. The minimum absolute atomic E-state index is 0.122. The minimum Gasteiger partial charge on any atom is -0.453 e. The summed E-state index contributed by atoms with van der Waals surface area (Å²) in [6.45, 7) is 1.81. The summed E-state index contributed by atoms with van der Waals surface area (Å²) in [7, 11) is 2.57. The van der Waals surface area contributed by atoms with E-state index < -0.39 is 30.3 Å². The second kappa shape index (κ2) is 19.0. The Morgan fingerprint density at radius 1 is 0.765 bits per heavy atom. The average Bonchev–Trinajstić information content (AvgIpc) is 4.22. The molecule has 0 spiro atoms. The van der Waals surface area contributed by atoms with Gasteiger partial charge in [-0.3, -0.25) is 9.59 Å². The summed E-state index contributed by atoms with van der Waals surface area (Å²) in [4.78, 5) is 73.7. The first-order valence-electron chi connectivity index (χ1n) is 23.3. The highest BCUT2D eigenvalue weighted by Gasteiger charge is 2.44. The molecule has 2 aromatic heterocycles. The Morgan fingerprint density at radius 3 is 2.19 bits per heavy atom. The number of nitriles is 1. The predicted octanol–water partition coefficient (Wildman–Crippen LogP) is 7.71. The molecule has 3 saturated heterocycles. The van der Waals surface area contributed by atoms with Crippen LogP contribution >= 0.6 is 0 Å². The molecule has 0 unspecified atom stereocenters. The van der Waals surface area contributed by atoms with Gasteiger partial charge in [-0.05, 0) is 96.4 Å². The fraction of sp³-hybridized carbons (Fsp3) is 0.365. The number of H-pyrrole nitrogens is 2. The van der Waals surface area contributed by atoms with E-state index in [-0.39, 0.29) is 36.2 Å². The lowest BCUT2D eigenvalue weighted by Gasteiger charge is -2.34. The molecule has 0 radical (unpaired) electrons. The molecule has 5 atom stereocenters. The number of fused-ring (bicyclic) bond motifs is 4. The van der Waals surface area contributed by atoms with Gasteiger partial charge >= 0.3 is 12.2 Å². The molecule has 0 bridgehead atoms. The quantitative estimate of drug-likeness (QED) is 0.105. The second-order valence-electron chi connectivity index (χ2n) is 18.1. The van der Waals surface area contributed by atoms with Crippen LogP contribution in [0.4, 0.5) is 9.59 Å². The van der Waals surface area contributed by atoms with E-state index in [4.69, 9.17) is 24.2 Å². The van der Waals surface area contributed by atoms with Crippen molar-refractivity contribution in [2.45, 2.75) is 69.1 Å². The maximum atomic E-state index is 14.2. The van der Waals surface area contributed by atoms with Crippen LogP contribution in [0.15, 0.2) is 91.0 Å². The number of aryl methyl sites for hydroxylation is 2. The number of hydrogen-bond donors (Lipinski definition) is 4. The number of benzene rings is 4. The van der Waals surface area contributed by atoms with Crippen LogP contribution in [0.1, 0.15) is 78.7 Å². The molecule has 4 amide bonds. The highest BCUT2D eigenvalue weighted by Crippen LogP contribution is 2.41. The third-order valence-corrected chi connectivity index (χ3v) is 14.1. The van der Waals surface area contributed by atoms with Crippen molar-refractivity contribution in [3.05, 3.63) is 119 Å². The maximum absolute atomic E-state index is 14.2. The molecule has 5 heterocycles. The van der Waals surface area contributed by atoms with Crippen LogP contribution in [-0.2, 0) is 36.6 Å². The zero-order valence-corrected chi connectivity index (χ0v) is 38.0. The summed E-state index contributed by atoms with van der Waals surface area (Å²) in [6, 6.07) is 30.2. The fourth-order valence-corrected chi connectivity index (χ4v) is 10.5. The number of hydrogen-bond acceptors (Lipinski definition) is 10. The van der Waals surface area contributed by atoms with Crippen LogP contribution in [-0.4, -0.2) is 100 Å². The summed E-state index contributed by atoms with van der Waals surface area (Å²) in [5.74, 6) is 0.409. The van der Waals surface area contributed by atoms with Gasteiger partial charge in [0.25, 0.3) is 5.91 Å². The van der Waals surface area contributed by atoms with Gasteiger partial charge in [-0.1, -0.05) is 78.9 Å². The lowest BCUT2D eigenvalue weighted by atomic mass is 9.89. The van der Waals surface area contributed by atoms with Crippen LogP contribution in [0.25, 0.3) is 44.5 Å². The van der Waals surface area contributed by atoms with E-state index in [1.165, 1.54) is 19.8 Å².